The Balaban J connectivity index is 0.000000186. The molecule has 0 atom stereocenters. The zero-order valence-corrected chi connectivity index (χ0v) is 35.6. The first-order valence-electron chi connectivity index (χ1n) is 21.5. The average Bonchev–Trinajstić information content (AvgIpc) is 3.34. The Morgan fingerprint density at radius 2 is 0.919 bits per heavy atom. The lowest BCUT2D eigenvalue weighted by atomic mass is 9.68. The van der Waals surface area contributed by atoms with Gasteiger partial charge in [-0.15, -0.1) is 0 Å². The number of pyridine rings is 2. The van der Waals surface area contributed by atoms with Crippen LogP contribution in [0.3, 0.4) is 0 Å². The Hall–Kier alpha value is -7.18. The molecule has 316 valence electrons. The van der Waals surface area contributed by atoms with Crippen LogP contribution < -0.4 is 31.9 Å². The fourth-order valence-electron chi connectivity index (χ4n) is 9.18. The molecule has 0 unspecified atom stereocenters. The summed E-state index contributed by atoms with van der Waals surface area (Å²) in [5.41, 5.74) is 2.79. The lowest BCUT2D eigenvalue weighted by molar-refractivity contribution is 0.271. The largest absolute Gasteiger partial charge is 0.369 e. The first kappa shape index (κ1) is 42.9. The summed E-state index contributed by atoms with van der Waals surface area (Å²) in [6.45, 7) is 1.66. The fourth-order valence-corrected chi connectivity index (χ4v) is 9.18. The zero-order chi connectivity index (χ0) is 43.0. The van der Waals surface area contributed by atoms with Gasteiger partial charge in [-0.05, 0) is 85.4 Å². The molecule has 62 heavy (non-hydrogen) atoms. The highest BCUT2D eigenvalue weighted by Gasteiger charge is 2.38. The van der Waals surface area contributed by atoms with E-state index in [0.29, 0.717) is 24.0 Å². The van der Waals surface area contributed by atoms with Crippen molar-refractivity contribution in [2.24, 2.45) is 9.98 Å². The van der Waals surface area contributed by atoms with Crippen LogP contribution in [0, 0.1) is 22.9 Å². The van der Waals surface area contributed by atoms with Crippen molar-refractivity contribution in [2.45, 2.75) is 74.3 Å². The van der Waals surface area contributed by atoms with Crippen molar-refractivity contribution in [3.8, 4) is 12.4 Å². The predicted molar refractivity (Wildman–Crippen MR) is 252 cm³/mol. The third-order valence-corrected chi connectivity index (χ3v) is 12.7. The second-order valence-corrected chi connectivity index (χ2v) is 16.2. The van der Waals surface area contributed by atoms with Gasteiger partial charge in [0.1, 0.15) is 11.6 Å². The number of anilines is 2. The number of benzene rings is 4. The highest BCUT2D eigenvalue weighted by Crippen LogP contribution is 2.41. The van der Waals surface area contributed by atoms with E-state index in [1.54, 1.807) is 14.1 Å². The first-order valence-corrected chi connectivity index (χ1v) is 21.5. The molecule has 0 bridgehead atoms. The van der Waals surface area contributed by atoms with Crippen LogP contribution in [-0.2, 0) is 10.8 Å². The van der Waals surface area contributed by atoms with Gasteiger partial charge in [-0.2, -0.15) is 10.5 Å². The summed E-state index contributed by atoms with van der Waals surface area (Å²) >= 11 is 0. The standard InChI is InChI=1S/2C25H28N6/c2*1-27-24(30-18-26)31-21-11-14-25(15-12-21,20-8-3-2-4-9-20)17-29-23-22-10-6-5-7-19(22)13-16-28-23/h2*2-10,13,16,21H,11-12,14-15,17H2,1H3,(H,28,29)(H2,27,30,31). The van der Waals surface area contributed by atoms with Crippen molar-refractivity contribution in [1.29, 1.82) is 10.5 Å². The molecule has 2 heterocycles. The molecule has 0 aliphatic heterocycles. The summed E-state index contributed by atoms with van der Waals surface area (Å²) in [7, 11) is 3.37. The molecule has 12 nitrogen and oxygen atoms in total. The maximum atomic E-state index is 8.89. The van der Waals surface area contributed by atoms with Crippen molar-refractivity contribution in [3.63, 3.8) is 0 Å². The number of guanidine groups is 2. The van der Waals surface area contributed by atoms with Gasteiger partial charge in [0.15, 0.2) is 12.4 Å². The van der Waals surface area contributed by atoms with Gasteiger partial charge in [-0.1, -0.05) is 109 Å². The summed E-state index contributed by atoms with van der Waals surface area (Å²) in [4.78, 5) is 17.5. The van der Waals surface area contributed by atoms with Crippen LogP contribution in [0.1, 0.15) is 62.5 Å². The van der Waals surface area contributed by atoms with Gasteiger partial charge in [0, 0.05) is 73.3 Å². The van der Waals surface area contributed by atoms with Gasteiger partial charge < -0.3 is 21.3 Å². The van der Waals surface area contributed by atoms with Gasteiger partial charge in [0.25, 0.3) is 0 Å². The van der Waals surface area contributed by atoms with E-state index in [0.717, 1.165) is 86.9 Å². The van der Waals surface area contributed by atoms with E-state index >= 15 is 0 Å². The molecule has 6 N–H and O–H groups in total. The number of nitrogens with zero attached hydrogens (tertiary/aromatic N) is 6. The molecule has 0 saturated heterocycles. The van der Waals surface area contributed by atoms with E-state index in [9.17, 15) is 0 Å². The van der Waals surface area contributed by atoms with Gasteiger partial charge in [-0.25, -0.2) is 9.97 Å². The summed E-state index contributed by atoms with van der Waals surface area (Å²) < 4.78 is 0. The third-order valence-electron chi connectivity index (χ3n) is 12.7. The molecular formula is C50H56N12. The van der Waals surface area contributed by atoms with Gasteiger partial charge in [0.2, 0.25) is 11.9 Å². The Morgan fingerprint density at radius 3 is 1.29 bits per heavy atom. The molecule has 2 aliphatic rings. The number of hydrogen-bond donors (Lipinski definition) is 6. The van der Waals surface area contributed by atoms with Crippen LogP contribution >= 0.6 is 0 Å². The van der Waals surface area contributed by atoms with Crippen LogP contribution in [0.15, 0.2) is 144 Å². The SMILES string of the molecule is CN=C(NC#N)NC1CCC(CNc2nccc3ccccc23)(c2ccccc2)CC1.CN=C(NC#N)NC1CCC(CNc2nccc3ccccc23)(c2ccccc2)CC1. The maximum Gasteiger partial charge on any atom is 0.204 e. The predicted octanol–water partition coefficient (Wildman–Crippen LogP) is 8.35. The van der Waals surface area contributed by atoms with Crippen LogP contribution in [-0.4, -0.2) is 61.2 Å². The van der Waals surface area contributed by atoms with Gasteiger partial charge in [-0.3, -0.25) is 20.6 Å². The van der Waals surface area contributed by atoms with Crippen molar-refractivity contribution in [2.75, 3.05) is 37.8 Å². The highest BCUT2D eigenvalue weighted by atomic mass is 15.2. The minimum absolute atomic E-state index is 0.0320. The Kier molecular flexibility index (Phi) is 14.5. The molecular weight excluding hydrogens is 769 g/mol. The molecule has 12 heteroatoms. The number of hydrogen-bond acceptors (Lipinski definition) is 8. The van der Waals surface area contributed by atoms with E-state index in [1.165, 1.54) is 21.9 Å². The smallest absolute Gasteiger partial charge is 0.204 e. The van der Waals surface area contributed by atoms with E-state index in [4.69, 9.17) is 10.5 Å². The number of nitrogens with one attached hydrogen (secondary N) is 6. The Labute approximate surface area is 365 Å². The van der Waals surface area contributed by atoms with E-state index in [-0.39, 0.29) is 10.8 Å². The van der Waals surface area contributed by atoms with E-state index in [1.807, 2.05) is 36.9 Å². The number of nitriles is 2. The lowest BCUT2D eigenvalue weighted by Crippen LogP contribution is -2.47. The minimum atomic E-state index is 0.0320. The molecule has 2 fully saturated rings. The van der Waals surface area contributed by atoms with Crippen LogP contribution in [0.5, 0.6) is 0 Å². The fraction of sp³-hybridized carbons (Fsp3) is 0.320. The molecule has 6 aromatic rings. The molecule has 8 rings (SSSR count). The maximum absolute atomic E-state index is 8.89. The minimum Gasteiger partial charge on any atom is -0.369 e. The van der Waals surface area contributed by atoms with Crippen molar-refractivity contribution in [3.05, 3.63) is 145 Å². The third kappa shape index (κ3) is 10.4. The second kappa shape index (κ2) is 20.9. The number of fused-ring (bicyclic) bond motifs is 2. The molecule has 2 aromatic heterocycles. The topological polar surface area (TPSA) is 170 Å². The molecule has 0 amide bonds. The summed E-state index contributed by atoms with van der Waals surface area (Å²) in [6, 6.07) is 43.0. The normalized spacial score (nSPS) is 21.3. The molecule has 2 aliphatic carbocycles. The molecule has 4 aromatic carbocycles. The van der Waals surface area contributed by atoms with Crippen molar-refractivity contribution >= 4 is 45.1 Å². The number of rotatable bonds is 10. The van der Waals surface area contributed by atoms with Crippen LogP contribution in [0.4, 0.5) is 11.6 Å². The van der Waals surface area contributed by atoms with Crippen LogP contribution in [0.2, 0.25) is 0 Å². The first-order chi connectivity index (χ1) is 30.5. The monoisotopic (exact) mass is 824 g/mol. The van der Waals surface area contributed by atoms with E-state index < -0.39 is 0 Å². The Bertz CT molecular complexity index is 2320. The lowest BCUT2D eigenvalue weighted by Gasteiger charge is -2.41. The van der Waals surface area contributed by atoms with E-state index in [2.05, 4.69) is 161 Å². The average molecular weight is 825 g/mol. The molecule has 0 radical (unpaired) electrons. The summed E-state index contributed by atoms with van der Waals surface area (Å²) in [5.74, 6) is 2.95. The molecule has 0 spiro atoms. The number of aromatic nitrogens is 2. The van der Waals surface area contributed by atoms with Gasteiger partial charge >= 0.3 is 0 Å². The van der Waals surface area contributed by atoms with Crippen LogP contribution in [0.25, 0.3) is 21.5 Å². The zero-order valence-electron chi connectivity index (χ0n) is 35.6. The molecule has 2 saturated carbocycles. The summed E-state index contributed by atoms with van der Waals surface area (Å²) in [5, 5.41) is 41.8. The number of aliphatic imine (C=N–C) groups is 2. The highest BCUT2D eigenvalue weighted by molar-refractivity contribution is 5.92. The second-order valence-electron chi connectivity index (χ2n) is 16.2. The quantitative estimate of drug-likeness (QED) is 0.0342. The van der Waals surface area contributed by atoms with Crippen molar-refractivity contribution in [1.82, 2.24) is 31.2 Å². The summed E-state index contributed by atoms with van der Waals surface area (Å²) in [6.07, 6.45) is 15.8. The Morgan fingerprint density at radius 1 is 0.548 bits per heavy atom. The van der Waals surface area contributed by atoms with Gasteiger partial charge in [0.05, 0.1) is 0 Å². The van der Waals surface area contributed by atoms with Crippen molar-refractivity contribution < 1.29 is 0 Å².